The number of rotatable bonds is 5. The van der Waals surface area contributed by atoms with Crippen molar-refractivity contribution >= 4 is 33.7 Å². The van der Waals surface area contributed by atoms with Crippen molar-refractivity contribution in [1.29, 1.82) is 0 Å². The van der Waals surface area contributed by atoms with Gasteiger partial charge in [0.1, 0.15) is 11.4 Å². The number of piperidine rings is 2. The zero-order valence-corrected chi connectivity index (χ0v) is 25.4. The predicted molar refractivity (Wildman–Crippen MR) is 160 cm³/mol. The lowest BCUT2D eigenvalue weighted by Crippen LogP contribution is -2.50. The summed E-state index contributed by atoms with van der Waals surface area (Å²) in [5, 5.41) is 14.3. The number of hydrogen-bond acceptors (Lipinski definition) is 8. The molecule has 4 heterocycles. The summed E-state index contributed by atoms with van der Waals surface area (Å²) in [4.78, 5) is 32.6. The molecule has 228 valence electrons. The summed E-state index contributed by atoms with van der Waals surface area (Å²) >= 11 is 0. The minimum absolute atomic E-state index is 0.0904. The summed E-state index contributed by atoms with van der Waals surface area (Å²) in [6.07, 6.45) is 3.17. The lowest BCUT2D eigenvalue weighted by atomic mass is 9.89. The fraction of sp³-hybridized carbons (Fsp3) is 0.452. The minimum atomic E-state index is -3.76. The molecule has 0 aromatic heterocycles. The van der Waals surface area contributed by atoms with Crippen molar-refractivity contribution in [2.24, 2.45) is 4.99 Å². The summed E-state index contributed by atoms with van der Waals surface area (Å²) in [5.74, 6) is 1.35. The Bertz CT molecular complexity index is 1620. The van der Waals surface area contributed by atoms with Crippen LogP contribution in [0.25, 0.3) is 6.08 Å². The molecule has 0 atom stereocenters. The summed E-state index contributed by atoms with van der Waals surface area (Å²) in [6, 6.07) is 8.92. The van der Waals surface area contributed by atoms with Gasteiger partial charge in [-0.2, -0.15) is 4.31 Å². The van der Waals surface area contributed by atoms with Crippen molar-refractivity contribution in [3.05, 3.63) is 63.6 Å². The maximum Gasteiger partial charge on any atom is 0.253 e. The second kappa shape index (κ2) is 10.8. The zero-order chi connectivity index (χ0) is 30.6. The van der Waals surface area contributed by atoms with Crippen LogP contribution in [0.3, 0.4) is 0 Å². The number of carbonyl (C=O) groups excluding carboxylic acids is 2. The minimum Gasteiger partial charge on any atom is -0.454 e. The van der Waals surface area contributed by atoms with Gasteiger partial charge in [0, 0.05) is 42.7 Å². The number of nitrogens with zero attached hydrogens (tertiary/aromatic N) is 3. The van der Waals surface area contributed by atoms with Gasteiger partial charge in [0.15, 0.2) is 11.5 Å². The number of carbonyl (C=O) groups is 2. The Hall–Kier alpha value is -3.74. The molecule has 0 aliphatic carbocycles. The van der Waals surface area contributed by atoms with E-state index in [-0.39, 0.29) is 44.5 Å². The first kappa shape index (κ1) is 29.3. The molecule has 0 radical (unpaired) electrons. The van der Waals surface area contributed by atoms with Gasteiger partial charge in [-0.1, -0.05) is 0 Å². The van der Waals surface area contributed by atoms with Gasteiger partial charge >= 0.3 is 0 Å². The van der Waals surface area contributed by atoms with Crippen LogP contribution in [-0.2, 0) is 14.8 Å². The average Bonchev–Trinajstić information content (AvgIpc) is 3.56. The number of nitrogens with one attached hydrogen (secondary N) is 1. The number of fused-ring (bicyclic) bond motifs is 1. The van der Waals surface area contributed by atoms with Gasteiger partial charge in [0.05, 0.1) is 5.60 Å². The lowest BCUT2D eigenvalue weighted by molar-refractivity contribution is -0.124. The Kier molecular flexibility index (Phi) is 7.34. The Morgan fingerprint density at radius 3 is 2.33 bits per heavy atom. The van der Waals surface area contributed by atoms with Crippen molar-refractivity contribution in [2.45, 2.75) is 57.6 Å². The van der Waals surface area contributed by atoms with Crippen molar-refractivity contribution in [3.8, 4) is 11.5 Å². The normalized spacial score (nSPS) is 21.3. The third-order valence-corrected chi connectivity index (χ3v) is 10.5. The molecular formula is C31H36N4O7S. The molecule has 12 heteroatoms. The topological polar surface area (TPSA) is 138 Å². The number of sulfonamides is 1. The van der Waals surface area contributed by atoms with Gasteiger partial charge in [-0.15, -0.1) is 0 Å². The van der Waals surface area contributed by atoms with Gasteiger partial charge < -0.3 is 24.8 Å². The molecule has 0 saturated carbocycles. The van der Waals surface area contributed by atoms with E-state index in [4.69, 9.17) is 14.5 Å². The molecule has 0 unspecified atom stereocenters. The van der Waals surface area contributed by atoms with Crippen LogP contribution in [0.2, 0.25) is 0 Å². The molecule has 4 aliphatic heterocycles. The van der Waals surface area contributed by atoms with E-state index in [1.807, 2.05) is 19.9 Å². The number of benzene rings is 2. The van der Waals surface area contributed by atoms with Crippen molar-refractivity contribution < 1.29 is 32.6 Å². The van der Waals surface area contributed by atoms with Crippen molar-refractivity contribution in [3.63, 3.8) is 0 Å². The van der Waals surface area contributed by atoms with E-state index in [2.05, 4.69) is 5.32 Å². The van der Waals surface area contributed by atoms with E-state index in [1.54, 1.807) is 42.2 Å². The smallest absolute Gasteiger partial charge is 0.253 e. The highest BCUT2D eigenvalue weighted by Crippen LogP contribution is 2.36. The van der Waals surface area contributed by atoms with Crippen LogP contribution < -0.4 is 14.8 Å². The number of likely N-dealkylation sites (tertiary alicyclic amines) is 1. The molecule has 2 N–H and O–H groups in total. The fourth-order valence-corrected chi connectivity index (χ4v) is 7.29. The van der Waals surface area contributed by atoms with Crippen LogP contribution in [0.5, 0.6) is 11.5 Å². The number of aryl methyl sites for hydroxylation is 2. The highest BCUT2D eigenvalue weighted by molar-refractivity contribution is 7.92. The molecule has 1 spiro atoms. The van der Waals surface area contributed by atoms with Crippen LogP contribution >= 0.6 is 0 Å². The van der Waals surface area contributed by atoms with E-state index in [0.29, 0.717) is 54.4 Å². The monoisotopic (exact) mass is 608 g/mol. The van der Waals surface area contributed by atoms with Crippen LogP contribution in [-0.4, -0.2) is 84.5 Å². The molecule has 2 saturated heterocycles. The van der Waals surface area contributed by atoms with E-state index in [0.717, 1.165) is 16.7 Å². The van der Waals surface area contributed by atoms with Gasteiger partial charge in [-0.3, -0.25) is 14.6 Å². The molecule has 11 nitrogen and oxygen atoms in total. The Morgan fingerprint density at radius 1 is 1.00 bits per heavy atom. The standard InChI is InChI=1S/C31H36N4O7S/c1-20-16-23(28(36)34-11-7-30(3,38)8-12-34)17-21(2)24(20)6-15-43(39,40)35-13-9-31(10-14-35)29(37)32-27(33-31)22-4-5-25-26(18-22)42-19-41-25/h4-6,15-18,38H,7-14,19H2,1-3H3,(H,32,33,37). The molecule has 2 fully saturated rings. The maximum absolute atomic E-state index is 13.3. The Labute approximate surface area is 251 Å². The van der Waals surface area contributed by atoms with Crippen LogP contribution in [0.4, 0.5) is 0 Å². The van der Waals surface area contributed by atoms with Crippen LogP contribution in [0, 0.1) is 13.8 Å². The molecule has 2 aromatic carbocycles. The average molecular weight is 609 g/mol. The number of aliphatic hydroxyl groups is 1. The highest BCUT2D eigenvalue weighted by atomic mass is 32.2. The largest absolute Gasteiger partial charge is 0.454 e. The van der Waals surface area contributed by atoms with Gasteiger partial charge in [-0.05, 0) is 99.6 Å². The van der Waals surface area contributed by atoms with Crippen LogP contribution in [0.1, 0.15) is 65.2 Å². The Morgan fingerprint density at radius 2 is 1.65 bits per heavy atom. The Balaban J connectivity index is 1.12. The van der Waals surface area contributed by atoms with E-state index >= 15 is 0 Å². The summed E-state index contributed by atoms with van der Waals surface area (Å²) in [5.41, 5.74) is 1.83. The first-order chi connectivity index (χ1) is 20.4. The molecule has 2 aromatic rings. The van der Waals surface area contributed by atoms with E-state index in [1.165, 1.54) is 9.71 Å². The maximum atomic E-state index is 13.3. The fourth-order valence-electron chi connectivity index (χ4n) is 6.12. The number of ether oxygens (including phenoxy) is 2. The number of hydrogen-bond donors (Lipinski definition) is 2. The predicted octanol–water partition coefficient (Wildman–Crippen LogP) is 2.73. The summed E-state index contributed by atoms with van der Waals surface area (Å²) < 4.78 is 38.8. The molecule has 43 heavy (non-hydrogen) atoms. The third-order valence-electron chi connectivity index (χ3n) is 8.91. The molecule has 2 amide bonds. The second-order valence-electron chi connectivity index (χ2n) is 12.1. The van der Waals surface area contributed by atoms with E-state index in [9.17, 15) is 23.1 Å². The first-order valence-electron chi connectivity index (χ1n) is 14.5. The van der Waals surface area contributed by atoms with E-state index < -0.39 is 21.2 Å². The molecule has 4 aliphatic rings. The second-order valence-corrected chi connectivity index (χ2v) is 13.9. The highest BCUT2D eigenvalue weighted by Gasteiger charge is 2.47. The molecular weight excluding hydrogens is 572 g/mol. The summed E-state index contributed by atoms with van der Waals surface area (Å²) in [7, 11) is -3.76. The number of amidine groups is 1. The first-order valence-corrected chi connectivity index (χ1v) is 16.0. The molecule has 6 rings (SSSR count). The van der Waals surface area contributed by atoms with Gasteiger partial charge in [0.2, 0.25) is 16.8 Å². The lowest BCUT2D eigenvalue weighted by Gasteiger charge is -2.36. The number of aliphatic imine (C=N–C) groups is 1. The van der Waals surface area contributed by atoms with Gasteiger partial charge in [-0.25, -0.2) is 8.42 Å². The zero-order valence-electron chi connectivity index (χ0n) is 24.6. The summed E-state index contributed by atoms with van der Waals surface area (Å²) in [6.45, 7) is 6.96. The SMILES string of the molecule is Cc1cc(C(=O)N2CCC(C)(O)CC2)cc(C)c1C=CS(=O)(=O)N1CCC2(CC1)N=C(c1ccc3c(c1)OCO3)NC2=O. The van der Waals surface area contributed by atoms with Crippen molar-refractivity contribution in [2.75, 3.05) is 33.0 Å². The van der Waals surface area contributed by atoms with Crippen LogP contribution in [0.15, 0.2) is 40.7 Å². The third kappa shape index (κ3) is 5.66. The van der Waals surface area contributed by atoms with Crippen molar-refractivity contribution in [1.82, 2.24) is 14.5 Å². The quantitative estimate of drug-likeness (QED) is 0.533. The molecule has 0 bridgehead atoms. The number of amides is 2. The van der Waals surface area contributed by atoms with Gasteiger partial charge in [0.25, 0.3) is 11.8 Å².